The number of methoxy groups -OCH3 is 2. The van der Waals surface area contributed by atoms with Crippen LogP contribution in [0.1, 0.15) is 30.5 Å². The van der Waals surface area contributed by atoms with Crippen molar-refractivity contribution < 1.29 is 29.0 Å². The molecule has 1 aromatic rings. The molecule has 8 heteroatoms. The number of rotatable bonds is 6. The number of fused-ring (bicyclic) bond motifs is 1. The van der Waals surface area contributed by atoms with Crippen molar-refractivity contribution in [3.63, 3.8) is 0 Å². The van der Waals surface area contributed by atoms with Gasteiger partial charge in [0.2, 0.25) is 11.8 Å². The van der Waals surface area contributed by atoms with Crippen LogP contribution in [0.3, 0.4) is 0 Å². The zero-order chi connectivity index (χ0) is 19.4. The van der Waals surface area contributed by atoms with E-state index in [0.717, 1.165) is 11.1 Å². The van der Waals surface area contributed by atoms with Crippen LogP contribution in [0, 0.1) is 0 Å². The molecule has 0 saturated heterocycles. The Morgan fingerprint density at radius 3 is 2.38 bits per heavy atom. The van der Waals surface area contributed by atoms with E-state index in [1.165, 1.54) is 38.0 Å². The first-order valence-electron chi connectivity index (χ1n) is 8.26. The molecule has 0 saturated carbocycles. The van der Waals surface area contributed by atoms with Gasteiger partial charge in [-0.3, -0.25) is 14.4 Å². The number of carbonyl (C=O) groups excluding carboxylic acids is 2. The Labute approximate surface area is 152 Å². The summed E-state index contributed by atoms with van der Waals surface area (Å²) in [4.78, 5) is 38.3. The van der Waals surface area contributed by atoms with Gasteiger partial charge in [0.1, 0.15) is 0 Å². The minimum atomic E-state index is -1.00. The number of carboxylic acids is 1. The second kappa shape index (κ2) is 8.07. The largest absolute Gasteiger partial charge is 0.493 e. The molecule has 0 aliphatic carbocycles. The maximum atomic E-state index is 12.7. The number of benzene rings is 1. The first-order chi connectivity index (χ1) is 12.3. The number of aliphatic carboxylic acids is 1. The highest BCUT2D eigenvalue weighted by Gasteiger charge is 2.34. The van der Waals surface area contributed by atoms with Crippen LogP contribution < -0.4 is 9.47 Å². The standard InChI is InChI=1S/C18H24N2O6/c1-11(21)19(2)10-17(22)20-6-5-12-7-15(25-3)16(26-4)8-13(12)14(20)9-18(23)24/h7-8,14H,5-6,9-10H2,1-4H3,(H,23,24). The van der Waals surface area contributed by atoms with Crippen LogP contribution in [0.4, 0.5) is 0 Å². The average molecular weight is 364 g/mol. The van der Waals surface area contributed by atoms with E-state index in [1.807, 2.05) is 6.07 Å². The second-order valence-corrected chi connectivity index (χ2v) is 6.23. The highest BCUT2D eigenvalue weighted by molar-refractivity contribution is 5.84. The summed E-state index contributed by atoms with van der Waals surface area (Å²) in [5.41, 5.74) is 1.66. The zero-order valence-corrected chi connectivity index (χ0v) is 15.4. The predicted octanol–water partition coefficient (Wildman–Crippen LogP) is 1.08. The lowest BCUT2D eigenvalue weighted by Gasteiger charge is -2.38. The van der Waals surface area contributed by atoms with Crippen molar-refractivity contribution in [2.75, 3.05) is 34.4 Å². The van der Waals surface area contributed by atoms with Gasteiger partial charge in [0.05, 0.1) is 33.2 Å². The Balaban J connectivity index is 2.40. The van der Waals surface area contributed by atoms with Crippen molar-refractivity contribution in [1.29, 1.82) is 0 Å². The topological polar surface area (TPSA) is 96.4 Å². The zero-order valence-electron chi connectivity index (χ0n) is 15.4. The molecule has 1 aromatic carbocycles. The summed E-state index contributed by atoms with van der Waals surface area (Å²) in [6.45, 7) is 1.67. The molecule has 0 spiro atoms. The summed E-state index contributed by atoms with van der Waals surface area (Å²) >= 11 is 0. The summed E-state index contributed by atoms with van der Waals surface area (Å²) in [5.74, 6) is -0.463. The summed E-state index contributed by atoms with van der Waals surface area (Å²) in [5, 5.41) is 9.33. The van der Waals surface area contributed by atoms with Crippen LogP contribution in [0.5, 0.6) is 11.5 Å². The molecule has 0 radical (unpaired) electrons. The number of amides is 2. The predicted molar refractivity (Wildman–Crippen MR) is 93.3 cm³/mol. The summed E-state index contributed by atoms with van der Waals surface area (Å²) < 4.78 is 10.6. The molecule has 1 unspecified atom stereocenters. The third-order valence-electron chi connectivity index (χ3n) is 4.60. The van der Waals surface area contributed by atoms with Gasteiger partial charge >= 0.3 is 5.97 Å². The van der Waals surface area contributed by atoms with Crippen molar-refractivity contribution in [1.82, 2.24) is 9.80 Å². The van der Waals surface area contributed by atoms with Crippen LogP contribution in [-0.2, 0) is 20.8 Å². The van der Waals surface area contributed by atoms with Gasteiger partial charge < -0.3 is 24.4 Å². The summed E-state index contributed by atoms with van der Waals surface area (Å²) in [6.07, 6.45) is 0.347. The van der Waals surface area contributed by atoms with Crippen molar-refractivity contribution in [2.45, 2.75) is 25.8 Å². The molecule has 2 amide bonds. The van der Waals surface area contributed by atoms with Crippen LogP contribution >= 0.6 is 0 Å². The van der Waals surface area contributed by atoms with Gasteiger partial charge in [-0.1, -0.05) is 0 Å². The molecular weight excluding hydrogens is 340 g/mol. The lowest BCUT2D eigenvalue weighted by Crippen LogP contribution is -2.46. The Morgan fingerprint density at radius 2 is 1.85 bits per heavy atom. The Kier molecular flexibility index (Phi) is 6.07. The van der Waals surface area contributed by atoms with Crippen LogP contribution in [-0.4, -0.2) is 67.0 Å². The van der Waals surface area contributed by atoms with Gasteiger partial charge in [-0.2, -0.15) is 0 Å². The minimum Gasteiger partial charge on any atom is -0.493 e. The summed E-state index contributed by atoms with van der Waals surface area (Å²) in [7, 11) is 4.58. The van der Waals surface area contributed by atoms with Crippen LogP contribution in [0.25, 0.3) is 0 Å². The average Bonchev–Trinajstić information content (AvgIpc) is 2.59. The van der Waals surface area contributed by atoms with E-state index in [-0.39, 0.29) is 24.8 Å². The van der Waals surface area contributed by atoms with E-state index in [9.17, 15) is 19.5 Å². The molecule has 26 heavy (non-hydrogen) atoms. The number of nitrogens with zero attached hydrogens (tertiary/aromatic N) is 2. The molecule has 1 aliphatic heterocycles. The first kappa shape index (κ1) is 19.6. The van der Waals surface area contributed by atoms with E-state index in [1.54, 1.807) is 6.07 Å². The van der Waals surface area contributed by atoms with Gasteiger partial charge in [-0.05, 0) is 29.7 Å². The molecule has 1 atom stereocenters. The van der Waals surface area contributed by atoms with Crippen LogP contribution in [0.2, 0.25) is 0 Å². The van der Waals surface area contributed by atoms with Crippen molar-refractivity contribution in [2.24, 2.45) is 0 Å². The van der Waals surface area contributed by atoms with Gasteiger partial charge in [-0.15, -0.1) is 0 Å². The monoisotopic (exact) mass is 364 g/mol. The fraction of sp³-hybridized carbons (Fsp3) is 0.500. The van der Waals surface area contributed by atoms with Gasteiger partial charge in [-0.25, -0.2) is 0 Å². The van der Waals surface area contributed by atoms with E-state index >= 15 is 0 Å². The quantitative estimate of drug-likeness (QED) is 0.811. The summed E-state index contributed by atoms with van der Waals surface area (Å²) in [6, 6.07) is 2.94. The van der Waals surface area contributed by atoms with Gasteiger partial charge in [0.15, 0.2) is 11.5 Å². The fourth-order valence-corrected chi connectivity index (χ4v) is 3.12. The van der Waals surface area contributed by atoms with E-state index in [0.29, 0.717) is 24.5 Å². The molecule has 2 rings (SSSR count). The third kappa shape index (κ3) is 4.07. The van der Waals surface area contributed by atoms with Gasteiger partial charge in [0.25, 0.3) is 0 Å². The lowest BCUT2D eigenvalue weighted by atomic mass is 9.90. The smallest absolute Gasteiger partial charge is 0.305 e. The molecule has 8 nitrogen and oxygen atoms in total. The number of likely N-dealkylation sites (N-methyl/N-ethyl adjacent to an activating group) is 1. The maximum Gasteiger partial charge on any atom is 0.305 e. The molecule has 0 bridgehead atoms. The molecule has 0 aromatic heterocycles. The molecular formula is C18H24N2O6. The molecule has 1 heterocycles. The van der Waals surface area contributed by atoms with E-state index < -0.39 is 12.0 Å². The highest BCUT2D eigenvalue weighted by atomic mass is 16.5. The third-order valence-corrected chi connectivity index (χ3v) is 4.60. The molecule has 0 fully saturated rings. The Bertz CT molecular complexity index is 718. The molecule has 1 aliphatic rings. The first-order valence-corrected chi connectivity index (χ1v) is 8.26. The molecule has 142 valence electrons. The normalized spacial score (nSPS) is 15.8. The minimum absolute atomic E-state index is 0.0892. The number of hydrogen-bond acceptors (Lipinski definition) is 5. The van der Waals surface area contributed by atoms with Crippen molar-refractivity contribution in [3.05, 3.63) is 23.3 Å². The lowest BCUT2D eigenvalue weighted by molar-refractivity contribution is -0.144. The number of ether oxygens (including phenoxy) is 2. The maximum absolute atomic E-state index is 12.7. The van der Waals surface area contributed by atoms with Crippen LogP contribution in [0.15, 0.2) is 12.1 Å². The number of carbonyl (C=O) groups is 3. The Hall–Kier alpha value is -2.77. The van der Waals surface area contributed by atoms with E-state index in [4.69, 9.17) is 9.47 Å². The van der Waals surface area contributed by atoms with Crippen molar-refractivity contribution >= 4 is 17.8 Å². The number of carboxylic acid groups (broad SMARTS) is 1. The second-order valence-electron chi connectivity index (χ2n) is 6.23. The van der Waals surface area contributed by atoms with E-state index in [2.05, 4.69) is 0 Å². The van der Waals surface area contributed by atoms with Gasteiger partial charge in [0, 0.05) is 20.5 Å². The highest BCUT2D eigenvalue weighted by Crippen LogP contribution is 2.39. The number of hydrogen-bond donors (Lipinski definition) is 1. The SMILES string of the molecule is COc1cc2c(cc1OC)C(CC(=O)O)N(C(=O)CN(C)C(C)=O)CC2. The fourth-order valence-electron chi connectivity index (χ4n) is 3.12. The molecule has 1 N–H and O–H groups in total. The Morgan fingerprint density at radius 1 is 1.23 bits per heavy atom. The van der Waals surface area contributed by atoms with Crippen molar-refractivity contribution in [3.8, 4) is 11.5 Å².